The minimum absolute atomic E-state index is 0.0647. The number of carbonyl (C=O) groups is 1. The number of rotatable bonds is 3. The molecule has 0 saturated heterocycles. The average molecular weight is 362 g/mol. The van der Waals surface area contributed by atoms with E-state index in [2.05, 4.69) is 9.98 Å². The Morgan fingerprint density at radius 1 is 1.00 bits per heavy atom. The van der Waals surface area contributed by atoms with Gasteiger partial charge >= 0.3 is 0 Å². The standard InChI is InChI=1S/C21H16ClN3O/c22-16-9-10-19-18(12-16)21(15-6-2-1-3-7-15)24-13-20(26)25(19)14-17-8-4-5-11-23-17/h1-12H,13-14H2. The molecule has 1 amide bonds. The van der Waals surface area contributed by atoms with Crippen LogP contribution >= 0.6 is 11.6 Å². The van der Waals surface area contributed by atoms with Gasteiger partial charge in [0.2, 0.25) is 5.91 Å². The van der Waals surface area contributed by atoms with Crippen LogP contribution in [0.5, 0.6) is 0 Å². The molecule has 2 heterocycles. The van der Waals surface area contributed by atoms with Crippen LogP contribution < -0.4 is 4.90 Å². The maximum absolute atomic E-state index is 12.8. The highest BCUT2D eigenvalue weighted by Crippen LogP contribution is 2.30. The molecule has 5 heteroatoms. The van der Waals surface area contributed by atoms with Gasteiger partial charge in [-0.05, 0) is 30.3 Å². The first-order valence-electron chi connectivity index (χ1n) is 8.32. The molecule has 2 aromatic carbocycles. The number of aliphatic imine (C=N–C) groups is 1. The lowest BCUT2D eigenvalue weighted by Gasteiger charge is -2.23. The number of anilines is 1. The fraction of sp³-hybridized carbons (Fsp3) is 0.0952. The summed E-state index contributed by atoms with van der Waals surface area (Å²) in [5, 5.41) is 0.611. The van der Waals surface area contributed by atoms with E-state index in [4.69, 9.17) is 11.6 Å². The second-order valence-electron chi connectivity index (χ2n) is 5.99. The molecule has 0 aliphatic carbocycles. The van der Waals surface area contributed by atoms with E-state index in [0.717, 1.165) is 28.2 Å². The highest BCUT2D eigenvalue weighted by atomic mass is 35.5. The first kappa shape index (κ1) is 16.5. The Balaban J connectivity index is 1.83. The van der Waals surface area contributed by atoms with Gasteiger partial charge in [-0.1, -0.05) is 48.0 Å². The highest BCUT2D eigenvalue weighted by Gasteiger charge is 2.25. The molecule has 1 aliphatic rings. The maximum atomic E-state index is 12.8. The Bertz CT molecular complexity index is 971. The summed E-state index contributed by atoms with van der Waals surface area (Å²) >= 11 is 6.26. The number of nitrogens with zero attached hydrogens (tertiary/aromatic N) is 3. The molecule has 0 fully saturated rings. The third-order valence-electron chi connectivity index (χ3n) is 4.27. The molecule has 0 spiro atoms. The number of carbonyl (C=O) groups excluding carboxylic acids is 1. The number of benzodiazepines with no additional fused rings is 1. The molecule has 26 heavy (non-hydrogen) atoms. The van der Waals surface area contributed by atoms with Gasteiger partial charge in [-0.15, -0.1) is 0 Å². The first-order chi connectivity index (χ1) is 12.7. The van der Waals surface area contributed by atoms with E-state index in [-0.39, 0.29) is 12.5 Å². The molecule has 0 bridgehead atoms. The molecule has 4 nitrogen and oxygen atoms in total. The van der Waals surface area contributed by atoms with Gasteiger partial charge < -0.3 is 4.90 Å². The van der Waals surface area contributed by atoms with Crippen molar-refractivity contribution in [3.05, 3.63) is 94.8 Å². The molecule has 0 radical (unpaired) electrons. The molecular weight excluding hydrogens is 346 g/mol. The Kier molecular flexibility index (Phi) is 4.50. The average Bonchev–Trinajstić information content (AvgIpc) is 2.80. The van der Waals surface area contributed by atoms with E-state index < -0.39 is 0 Å². The van der Waals surface area contributed by atoms with Crippen LogP contribution in [0.3, 0.4) is 0 Å². The first-order valence-corrected chi connectivity index (χ1v) is 8.70. The second kappa shape index (κ2) is 7.10. The van der Waals surface area contributed by atoms with Gasteiger partial charge in [0.15, 0.2) is 0 Å². The maximum Gasteiger partial charge on any atom is 0.249 e. The van der Waals surface area contributed by atoms with E-state index in [1.807, 2.05) is 60.7 Å². The van der Waals surface area contributed by atoms with Crippen LogP contribution in [0.2, 0.25) is 5.02 Å². The Hall–Kier alpha value is -2.98. The normalized spacial score (nSPS) is 13.8. The Labute approximate surface area is 156 Å². The molecule has 1 aromatic heterocycles. The topological polar surface area (TPSA) is 45.6 Å². The lowest BCUT2D eigenvalue weighted by molar-refractivity contribution is -0.117. The fourth-order valence-corrected chi connectivity index (χ4v) is 3.23. The molecule has 0 atom stereocenters. The van der Waals surface area contributed by atoms with Crippen LogP contribution in [0, 0.1) is 0 Å². The largest absolute Gasteiger partial charge is 0.304 e. The highest BCUT2D eigenvalue weighted by molar-refractivity contribution is 6.32. The Morgan fingerprint density at radius 3 is 2.58 bits per heavy atom. The van der Waals surface area contributed by atoms with Crippen molar-refractivity contribution in [2.24, 2.45) is 4.99 Å². The SMILES string of the molecule is O=C1CN=C(c2ccccc2)c2cc(Cl)ccc2N1Cc1ccccn1. The number of halogens is 1. The molecule has 3 aromatic rings. The van der Waals surface area contributed by atoms with Crippen LogP contribution in [0.1, 0.15) is 16.8 Å². The zero-order valence-electron chi connectivity index (χ0n) is 14.0. The van der Waals surface area contributed by atoms with Crippen LogP contribution in [-0.2, 0) is 11.3 Å². The number of fused-ring (bicyclic) bond motifs is 1. The fourth-order valence-electron chi connectivity index (χ4n) is 3.05. The van der Waals surface area contributed by atoms with Gasteiger partial charge in [0.1, 0.15) is 6.54 Å². The van der Waals surface area contributed by atoms with Crippen molar-refractivity contribution in [3.63, 3.8) is 0 Å². The van der Waals surface area contributed by atoms with Gasteiger partial charge in [-0.3, -0.25) is 14.8 Å². The lowest BCUT2D eigenvalue weighted by Crippen LogP contribution is -2.32. The number of hydrogen-bond acceptors (Lipinski definition) is 3. The summed E-state index contributed by atoms with van der Waals surface area (Å²) in [4.78, 5) is 23.5. The number of aromatic nitrogens is 1. The second-order valence-corrected chi connectivity index (χ2v) is 6.43. The summed E-state index contributed by atoms with van der Waals surface area (Å²) in [7, 11) is 0. The third-order valence-corrected chi connectivity index (χ3v) is 4.51. The van der Waals surface area contributed by atoms with Gasteiger partial charge in [0.05, 0.1) is 23.6 Å². The number of benzene rings is 2. The zero-order chi connectivity index (χ0) is 17.9. The van der Waals surface area contributed by atoms with Gasteiger partial charge in [0, 0.05) is 22.3 Å². The van der Waals surface area contributed by atoms with Crippen LogP contribution in [0.15, 0.2) is 77.9 Å². The quantitative estimate of drug-likeness (QED) is 0.704. The molecule has 0 N–H and O–H groups in total. The van der Waals surface area contributed by atoms with Crippen LogP contribution in [-0.4, -0.2) is 23.1 Å². The van der Waals surface area contributed by atoms with Crippen molar-refractivity contribution in [1.82, 2.24) is 4.98 Å². The minimum Gasteiger partial charge on any atom is -0.304 e. The van der Waals surface area contributed by atoms with Crippen molar-refractivity contribution in [2.45, 2.75) is 6.54 Å². The van der Waals surface area contributed by atoms with Crippen molar-refractivity contribution in [3.8, 4) is 0 Å². The Morgan fingerprint density at radius 2 is 1.81 bits per heavy atom. The van der Waals surface area contributed by atoms with E-state index in [9.17, 15) is 4.79 Å². The molecule has 0 unspecified atom stereocenters. The summed E-state index contributed by atoms with van der Waals surface area (Å²) in [6, 6.07) is 21.1. The van der Waals surface area contributed by atoms with Crippen LogP contribution in [0.4, 0.5) is 5.69 Å². The van der Waals surface area contributed by atoms with Crippen molar-refractivity contribution >= 4 is 28.9 Å². The number of hydrogen-bond donors (Lipinski definition) is 0. The summed E-state index contributed by atoms with van der Waals surface area (Å²) in [6.45, 7) is 0.481. The zero-order valence-corrected chi connectivity index (χ0v) is 14.7. The lowest BCUT2D eigenvalue weighted by atomic mass is 10.00. The molecule has 1 aliphatic heterocycles. The number of pyridine rings is 1. The van der Waals surface area contributed by atoms with E-state index in [1.54, 1.807) is 17.2 Å². The molecular formula is C21H16ClN3O. The van der Waals surface area contributed by atoms with Crippen molar-refractivity contribution in [2.75, 3.05) is 11.4 Å². The van der Waals surface area contributed by atoms with Crippen molar-refractivity contribution in [1.29, 1.82) is 0 Å². The summed E-state index contributed by atoms with van der Waals surface area (Å²) in [6.07, 6.45) is 1.73. The molecule has 0 saturated carbocycles. The van der Waals surface area contributed by atoms with E-state index in [0.29, 0.717) is 11.6 Å². The summed E-state index contributed by atoms with van der Waals surface area (Å²) in [5.41, 5.74) is 4.21. The minimum atomic E-state index is -0.0647. The summed E-state index contributed by atoms with van der Waals surface area (Å²) in [5.74, 6) is -0.0647. The third kappa shape index (κ3) is 3.24. The molecule has 128 valence electrons. The molecule has 4 rings (SSSR count). The number of amides is 1. The van der Waals surface area contributed by atoms with Gasteiger partial charge in [-0.25, -0.2) is 0 Å². The monoisotopic (exact) mass is 361 g/mol. The predicted molar refractivity (Wildman–Crippen MR) is 104 cm³/mol. The summed E-state index contributed by atoms with van der Waals surface area (Å²) < 4.78 is 0. The van der Waals surface area contributed by atoms with Gasteiger partial charge in [-0.2, -0.15) is 0 Å². The van der Waals surface area contributed by atoms with E-state index >= 15 is 0 Å². The predicted octanol–water partition coefficient (Wildman–Crippen LogP) is 4.12. The van der Waals surface area contributed by atoms with Crippen molar-refractivity contribution < 1.29 is 4.79 Å². The van der Waals surface area contributed by atoms with E-state index in [1.165, 1.54) is 0 Å². The van der Waals surface area contributed by atoms with Crippen LogP contribution in [0.25, 0.3) is 0 Å². The van der Waals surface area contributed by atoms with Gasteiger partial charge in [0.25, 0.3) is 0 Å². The smallest absolute Gasteiger partial charge is 0.249 e.